The number of nitrogens with zero attached hydrogens (tertiary/aromatic N) is 1. The Hall–Kier alpha value is -1.36. The van der Waals surface area contributed by atoms with E-state index < -0.39 is 0 Å². The van der Waals surface area contributed by atoms with Crippen LogP contribution in [0.5, 0.6) is 5.75 Å². The largest absolute Gasteiger partial charge is 0.494 e. The van der Waals surface area contributed by atoms with Gasteiger partial charge in [0.15, 0.2) is 5.96 Å². The van der Waals surface area contributed by atoms with Crippen LogP contribution >= 0.6 is 11.8 Å². The summed E-state index contributed by atoms with van der Waals surface area (Å²) in [7, 11) is 1.84. The van der Waals surface area contributed by atoms with Gasteiger partial charge >= 0.3 is 0 Å². The van der Waals surface area contributed by atoms with Crippen LogP contribution in [0.3, 0.4) is 0 Å². The van der Waals surface area contributed by atoms with Gasteiger partial charge in [0.2, 0.25) is 0 Å². The third-order valence-electron chi connectivity index (χ3n) is 4.44. The van der Waals surface area contributed by atoms with Crippen molar-refractivity contribution in [2.45, 2.75) is 50.3 Å². The molecule has 0 radical (unpaired) electrons. The third kappa shape index (κ3) is 6.63. The Bertz CT molecular complexity index is 504. The summed E-state index contributed by atoms with van der Waals surface area (Å²) in [6, 6.07) is 8.79. The first-order chi connectivity index (χ1) is 11.7. The highest BCUT2D eigenvalue weighted by atomic mass is 32.2. The van der Waals surface area contributed by atoms with E-state index in [-0.39, 0.29) is 0 Å². The lowest BCUT2D eigenvalue weighted by molar-refractivity contribution is 0.307. The molecule has 0 saturated heterocycles. The number of aryl methyl sites for hydroxylation is 1. The highest BCUT2D eigenvalue weighted by molar-refractivity contribution is 7.99. The van der Waals surface area contributed by atoms with Gasteiger partial charge in [-0.1, -0.05) is 17.7 Å². The minimum Gasteiger partial charge on any atom is -0.494 e. The average molecular weight is 350 g/mol. The lowest BCUT2D eigenvalue weighted by Gasteiger charge is -2.17. The average Bonchev–Trinajstić information content (AvgIpc) is 3.06. The van der Waals surface area contributed by atoms with Gasteiger partial charge in [0.1, 0.15) is 5.75 Å². The molecule has 0 aromatic heterocycles. The molecule has 0 heterocycles. The summed E-state index contributed by atoms with van der Waals surface area (Å²) in [5.41, 5.74) is 1.26. The third-order valence-corrected chi connectivity index (χ3v) is 5.53. The molecule has 24 heavy (non-hydrogen) atoms. The van der Waals surface area contributed by atoms with Crippen molar-refractivity contribution in [3.05, 3.63) is 29.8 Å². The molecule has 1 fully saturated rings. The number of hydrogen-bond donors (Lipinski definition) is 2. The number of thioether (sulfide) groups is 1. The maximum atomic E-state index is 5.75. The van der Waals surface area contributed by atoms with Crippen LogP contribution in [0.4, 0.5) is 0 Å². The molecule has 4 nitrogen and oxygen atoms in total. The molecule has 0 aliphatic heterocycles. The molecule has 2 rings (SSSR count). The highest BCUT2D eigenvalue weighted by Gasteiger charge is 2.24. The summed E-state index contributed by atoms with van der Waals surface area (Å²) in [5, 5.41) is 7.76. The Balaban J connectivity index is 1.55. The first kappa shape index (κ1) is 19.0. The molecule has 1 aromatic rings. The van der Waals surface area contributed by atoms with Crippen LogP contribution in [0.2, 0.25) is 0 Å². The molecule has 5 heteroatoms. The van der Waals surface area contributed by atoms with Crippen LogP contribution in [0.25, 0.3) is 0 Å². The van der Waals surface area contributed by atoms with Gasteiger partial charge in [-0.05, 0) is 57.4 Å². The van der Waals surface area contributed by atoms with Gasteiger partial charge in [-0.2, -0.15) is 11.8 Å². The zero-order chi connectivity index (χ0) is 17.2. The molecular weight excluding hydrogens is 318 g/mol. The second-order valence-corrected chi connectivity index (χ2v) is 7.52. The molecule has 1 aliphatic carbocycles. The zero-order valence-corrected chi connectivity index (χ0v) is 16.0. The summed E-state index contributed by atoms with van der Waals surface area (Å²) >= 11 is 1.98. The van der Waals surface area contributed by atoms with E-state index >= 15 is 0 Å². The molecule has 2 atom stereocenters. The normalized spacial score (nSPS) is 20.9. The van der Waals surface area contributed by atoms with E-state index in [1.807, 2.05) is 30.9 Å². The van der Waals surface area contributed by atoms with Crippen molar-refractivity contribution in [3.63, 3.8) is 0 Å². The van der Waals surface area contributed by atoms with Crippen molar-refractivity contribution < 1.29 is 4.74 Å². The van der Waals surface area contributed by atoms with E-state index in [1.54, 1.807) is 0 Å². The standard InChI is InChI=1S/C19H31N3OS/c1-15-6-9-17(10-7-15)23-13-5-4-12-21-19(20-2)22-16-8-11-18(14-16)24-3/h6-7,9-10,16,18H,4-5,8,11-14H2,1-3H3,(H2,20,21,22). The van der Waals surface area contributed by atoms with E-state index in [2.05, 4.69) is 40.9 Å². The van der Waals surface area contributed by atoms with E-state index in [9.17, 15) is 0 Å². The maximum Gasteiger partial charge on any atom is 0.191 e. The number of aliphatic imine (C=N–C) groups is 1. The fraction of sp³-hybridized carbons (Fsp3) is 0.632. The minimum absolute atomic E-state index is 0.568. The number of unbranched alkanes of at least 4 members (excludes halogenated alkanes) is 1. The number of hydrogen-bond acceptors (Lipinski definition) is 3. The summed E-state index contributed by atoms with van der Waals surface area (Å²) in [6.45, 7) is 3.77. The summed E-state index contributed by atoms with van der Waals surface area (Å²) in [6.07, 6.45) is 8.12. The van der Waals surface area contributed by atoms with Crippen molar-refractivity contribution in [1.82, 2.24) is 10.6 Å². The molecule has 0 bridgehead atoms. The Labute approximate surface area is 150 Å². The first-order valence-electron chi connectivity index (χ1n) is 8.90. The molecule has 2 unspecified atom stereocenters. The Morgan fingerprint density at radius 1 is 1.25 bits per heavy atom. The summed E-state index contributed by atoms with van der Waals surface area (Å²) in [5.74, 6) is 1.89. The van der Waals surface area contributed by atoms with E-state index in [1.165, 1.54) is 24.8 Å². The van der Waals surface area contributed by atoms with Gasteiger partial charge < -0.3 is 15.4 Å². The first-order valence-corrected chi connectivity index (χ1v) is 10.2. The summed E-state index contributed by atoms with van der Waals surface area (Å²) < 4.78 is 5.75. The van der Waals surface area contributed by atoms with Gasteiger partial charge in [0.05, 0.1) is 6.61 Å². The van der Waals surface area contributed by atoms with Crippen molar-refractivity contribution in [2.75, 3.05) is 26.5 Å². The topological polar surface area (TPSA) is 45.7 Å². The molecule has 134 valence electrons. The molecule has 0 spiro atoms. The van der Waals surface area contributed by atoms with Gasteiger partial charge in [-0.25, -0.2) is 0 Å². The molecule has 1 aromatic carbocycles. The SMILES string of the molecule is CN=C(NCCCCOc1ccc(C)cc1)NC1CCC(SC)C1. The van der Waals surface area contributed by atoms with Gasteiger partial charge in [0, 0.05) is 24.9 Å². The van der Waals surface area contributed by atoms with Crippen LogP contribution in [-0.4, -0.2) is 43.7 Å². The highest BCUT2D eigenvalue weighted by Crippen LogP contribution is 2.27. The van der Waals surface area contributed by atoms with Gasteiger partial charge in [-0.3, -0.25) is 4.99 Å². The maximum absolute atomic E-state index is 5.75. The predicted molar refractivity (Wildman–Crippen MR) is 105 cm³/mol. The van der Waals surface area contributed by atoms with Gasteiger partial charge in [-0.15, -0.1) is 0 Å². The predicted octanol–water partition coefficient (Wildman–Crippen LogP) is 3.60. The lowest BCUT2D eigenvalue weighted by atomic mass is 10.2. The van der Waals surface area contributed by atoms with Crippen molar-refractivity contribution in [2.24, 2.45) is 4.99 Å². The summed E-state index contributed by atoms with van der Waals surface area (Å²) in [4.78, 5) is 4.33. The van der Waals surface area contributed by atoms with E-state index in [0.717, 1.165) is 43.0 Å². The Morgan fingerprint density at radius 3 is 2.71 bits per heavy atom. The van der Waals surface area contributed by atoms with E-state index in [0.29, 0.717) is 6.04 Å². The number of ether oxygens (including phenoxy) is 1. The number of guanidine groups is 1. The molecule has 0 amide bonds. The smallest absolute Gasteiger partial charge is 0.191 e. The monoisotopic (exact) mass is 349 g/mol. The molecule has 1 saturated carbocycles. The lowest BCUT2D eigenvalue weighted by Crippen LogP contribution is -2.42. The Kier molecular flexibility index (Phi) is 8.29. The fourth-order valence-corrected chi connectivity index (χ4v) is 3.73. The number of benzene rings is 1. The van der Waals surface area contributed by atoms with Gasteiger partial charge in [0.25, 0.3) is 0 Å². The van der Waals surface area contributed by atoms with Crippen molar-refractivity contribution >= 4 is 17.7 Å². The second kappa shape index (κ2) is 10.5. The fourth-order valence-electron chi connectivity index (χ4n) is 2.93. The number of nitrogens with one attached hydrogen (secondary N) is 2. The van der Waals surface area contributed by atoms with Crippen LogP contribution in [0.15, 0.2) is 29.3 Å². The van der Waals surface area contributed by atoms with Crippen molar-refractivity contribution in [3.8, 4) is 5.75 Å². The van der Waals surface area contributed by atoms with Crippen molar-refractivity contribution in [1.29, 1.82) is 0 Å². The van der Waals surface area contributed by atoms with E-state index in [4.69, 9.17) is 4.74 Å². The van der Waals surface area contributed by atoms with Crippen LogP contribution < -0.4 is 15.4 Å². The van der Waals surface area contributed by atoms with Crippen LogP contribution in [0.1, 0.15) is 37.7 Å². The van der Waals surface area contributed by atoms with Crippen LogP contribution in [0, 0.1) is 6.92 Å². The quantitative estimate of drug-likeness (QED) is 0.428. The molecule has 2 N–H and O–H groups in total. The zero-order valence-electron chi connectivity index (χ0n) is 15.2. The minimum atomic E-state index is 0.568. The molecular formula is C19H31N3OS. The number of rotatable bonds is 8. The Morgan fingerprint density at radius 2 is 2.04 bits per heavy atom. The second-order valence-electron chi connectivity index (χ2n) is 6.38. The van der Waals surface area contributed by atoms with Crippen LogP contribution in [-0.2, 0) is 0 Å². The molecule has 1 aliphatic rings.